The standard InChI is InChI=1S/C19H22FN5OS/c1-25-19(22-23-24-25)27-11-5-10-21-13-15-6-4-8-17(12-15)26-14-16-7-2-3-9-18(16)20/h2-4,6-9,12,21H,5,10-11,13-14H2,1H3/p+1. The van der Waals surface area contributed by atoms with E-state index in [1.54, 1.807) is 28.6 Å². The van der Waals surface area contributed by atoms with Gasteiger partial charge in [0.25, 0.3) is 0 Å². The van der Waals surface area contributed by atoms with E-state index >= 15 is 0 Å². The Bertz CT molecular complexity index is 857. The van der Waals surface area contributed by atoms with E-state index in [1.807, 2.05) is 31.3 Å². The highest BCUT2D eigenvalue weighted by Crippen LogP contribution is 2.16. The Balaban J connectivity index is 1.37. The molecule has 0 aliphatic carbocycles. The number of thioether (sulfide) groups is 1. The molecule has 0 aliphatic rings. The highest BCUT2D eigenvalue weighted by atomic mass is 32.2. The van der Waals surface area contributed by atoms with Crippen LogP contribution >= 0.6 is 11.8 Å². The number of nitrogens with two attached hydrogens (primary N) is 1. The summed E-state index contributed by atoms with van der Waals surface area (Å²) in [5.74, 6) is 1.50. The van der Waals surface area contributed by atoms with Crippen LogP contribution < -0.4 is 10.1 Å². The molecule has 0 saturated heterocycles. The number of ether oxygens (including phenoxy) is 1. The molecule has 0 saturated carbocycles. The van der Waals surface area contributed by atoms with Gasteiger partial charge in [0.15, 0.2) is 0 Å². The van der Waals surface area contributed by atoms with Crippen LogP contribution in [-0.4, -0.2) is 32.5 Å². The van der Waals surface area contributed by atoms with Crippen LogP contribution in [-0.2, 0) is 20.2 Å². The summed E-state index contributed by atoms with van der Waals surface area (Å²) in [5.41, 5.74) is 1.75. The smallest absolute Gasteiger partial charge is 0.209 e. The second-order valence-corrected chi connectivity index (χ2v) is 7.16. The van der Waals surface area contributed by atoms with Crippen molar-refractivity contribution >= 4 is 11.8 Å². The maximum atomic E-state index is 13.7. The number of benzene rings is 2. The van der Waals surface area contributed by atoms with Gasteiger partial charge in [-0.25, -0.2) is 9.07 Å². The van der Waals surface area contributed by atoms with Crippen molar-refractivity contribution in [3.05, 3.63) is 65.5 Å². The molecule has 6 nitrogen and oxygen atoms in total. The van der Waals surface area contributed by atoms with Gasteiger partial charge < -0.3 is 10.1 Å². The van der Waals surface area contributed by atoms with Crippen molar-refractivity contribution in [1.82, 2.24) is 20.2 Å². The van der Waals surface area contributed by atoms with Crippen molar-refractivity contribution in [2.24, 2.45) is 7.05 Å². The molecule has 0 spiro atoms. The number of aromatic nitrogens is 4. The van der Waals surface area contributed by atoms with E-state index in [2.05, 4.69) is 26.9 Å². The average molecular weight is 388 g/mol. The van der Waals surface area contributed by atoms with Crippen molar-refractivity contribution in [2.45, 2.75) is 24.7 Å². The van der Waals surface area contributed by atoms with Gasteiger partial charge in [0, 0.05) is 30.3 Å². The minimum atomic E-state index is -0.239. The zero-order chi connectivity index (χ0) is 18.9. The maximum Gasteiger partial charge on any atom is 0.209 e. The van der Waals surface area contributed by atoms with E-state index in [0.717, 1.165) is 36.2 Å². The molecule has 0 radical (unpaired) electrons. The van der Waals surface area contributed by atoms with Gasteiger partial charge in [-0.3, -0.25) is 0 Å². The predicted molar refractivity (Wildman–Crippen MR) is 102 cm³/mol. The molecular formula is C19H23FN5OS+. The number of rotatable bonds is 10. The summed E-state index contributed by atoms with van der Waals surface area (Å²) in [7, 11) is 1.84. The second kappa shape index (κ2) is 10.0. The first-order chi connectivity index (χ1) is 13.2. The molecule has 0 bridgehead atoms. The molecule has 0 amide bonds. The highest BCUT2D eigenvalue weighted by molar-refractivity contribution is 7.99. The van der Waals surface area contributed by atoms with E-state index in [4.69, 9.17) is 4.74 Å². The molecule has 0 atom stereocenters. The molecule has 0 aliphatic heterocycles. The van der Waals surface area contributed by atoms with Crippen molar-refractivity contribution < 1.29 is 14.4 Å². The molecule has 1 aromatic heterocycles. The van der Waals surface area contributed by atoms with Gasteiger partial charge >= 0.3 is 0 Å². The first kappa shape index (κ1) is 19.3. The first-order valence-electron chi connectivity index (χ1n) is 8.84. The number of halogens is 1. The summed E-state index contributed by atoms with van der Waals surface area (Å²) >= 11 is 1.66. The monoisotopic (exact) mass is 388 g/mol. The molecule has 0 fully saturated rings. The lowest BCUT2D eigenvalue weighted by molar-refractivity contribution is -0.670. The van der Waals surface area contributed by atoms with Gasteiger partial charge in [0.2, 0.25) is 5.16 Å². The Labute approximate surface area is 162 Å². The third-order valence-corrected chi connectivity index (χ3v) is 5.09. The zero-order valence-corrected chi connectivity index (χ0v) is 16.0. The molecule has 27 heavy (non-hydrogen) atoms. The molecular weight excluding hydrogens is 365 g/mol. The fourth-order valence-electron chi connectivity index (χ4n) is 2.54. The third kappa shape index (κ3) is 6.04. The third-order valence-electron chi connectivity index (χ3n) is 4.00. The Hall–Kier alpha value is -2.45. The van der Waals surface area contributed by atoms with Gasteiger partial charge in [-0.05, 0) is 28.6 Å². The fourth-order valence-corrected chi connectivity index (χ4v) is 3.35. The average Bonchev–Trinajstić information content (AvgIpc) is 3.09. The van der Waals surface area contributed by atoms with Gasteiger partial charge in [0.05, 0.1) is 6.54 Å². The topological polar surface area (TPSA) is 69.4 Å². The van der Waals surface area contributed by atoms with E-state index in [-0.39, 0.29) is 12.4 Å². The number of nitrogens with zero attached hydrogens (tertiary/aromatic N) is 4. The van der Waals surface area contributed by atoms with Crippen molar-refractivity contribution in [3.8, 4) is 5.75 Å². The number of hydrogen-bond donors (Lipinski definition) is 1. The summed E-state index contributed by atoms with van der Waals surface area (Å²) in [6, 6.07) is 14.6. The van der Waals surface area contributed by atoms with Crippen LogP contribution in [0.3, 0.4) is 0 Å². The summed E-state index contributed by atoms with van der Waals surface area (Å²) in [5, 5.41) is 14.5. The van der Waals surface area contributed by atoms with Crippen LogP contribution in [0.4, 0.5) is 4.39 Å². The van der Waals surface area contributed by atoms with Crippen LogP contribution in [0.2, 0.25) is 0 Å². The molecule has 3 rings (SSSR count). The summed E-state index contributed by atoms with van der Waals surface area (Å²) in [6.45, 7) is 2.14. The van der Waals surface area contributed by atoms with Gasteiger partial charge in [-0.2, -0.15) is 0 Å². The van der Waals surface area contributed by atoms with E-state index in [9.17, 15) is 4.39 Å². The minimum absolute atomic E-state index is 0.230. The Morgan fingerprint density at radius 1 is 1.19 bits per heavy atom. The maximum absolute atomic E-state index is 13.7. The van der Waals surface area contributed by atoms with Crippen LogP contribution in [0.25, 0.3) is 0 Å². The van der Waals surface area contributed by atoms with Crippen molar-refractivity contribution in [2.75, 3.05) is 12.3 Å². The fraction of sp³-hybridized carbons (Fsp3) is 0.316. The SMILES string of the molecule is Cn1nnnc1SCCC[NH2+]Cc1cccc(OCc2ccccc2F)c1. The van der Waals surface area contributed by atoms with Gasteiger partial charge in [0.1, 0.15) is 24.7 Å². The number of aryl methyl sites for hydroxylation is 1. The molecule has 142 valence electrons. The largest absolute Gasteiger partial charge is 0.489 e. The number of quaternary nitrogens is 1. The molecule has 8 heteroatoms. The number of hydrogen-bond acceptors (Lipinski definition) is 5. The molecule has 3 aromatic rings. The van der Waals surface area contributed by atoms with Crippen molar-refractivity contribution in [3.63, 3.8) is 0 Å². The molecule has 2 aromatic carbocycles. The van der Waals surface area contributed by atoms with E-state index < -0.39 is 0 Å². The molecule has 2 N–H and O–H groups in total. The quantitative estimate of drug-likeness (QED) is 0.426. The van der Waals surface area contributed by atoms with Crippen LogP contribution in [0.5, 0.6) is 5.75 Å². The summed E-state index contributed by atoms with van der Waals surface area (Å²) in [6.07, 6.45) is 1.07. The minimum Gasteiger partial charge on any atom is -0.489 e. The Morgan fingerprint density at radius 3 is 2.89 bits per heavy atom. The second-order valence-electron chi connectivity index (χ2n) is 6.10. The summed E-state index contributed by atoms with van der Waals surface area (Å²) in [4.78, 5) is 0. The van der Waals surface area contributed by atoms with E-state index in [0.29, 0.717) is 5.56 Å². The highest BCUT2D eigenvalue weighted by Gasteiger charge is 2.05. The van der Waals surface area contributed by atoms with Gasteiger partial charge in [-0.1, -0.05) is 42.1 Å². The lowest BCUT2D eigenvalue weighted by Crippen LogP contribution is -2.82. The van der Waals surface area contributed by atoms with Gasteiger partial charge in [-0.15, -0.1) is 5.10 Å². The molecule has 0 unspecified atom stereocenters. The Kier molecular flexibility index (Phi) is 7.18. The predicted octanol–water partition coefficient (Wildman–Crippen LogP) is 2.17. The van der Waals surface area contributed by atoms with Crippen LogP contribution in [0, 0.1) is 5.82 Å². The van der Waals surface area contributed by atoms with E-state index in [1.165, 1.54) is 11.6 Å². The lowest BCUT2D eigenvalue weighted by Gasteiger charge is -2.08. The van der Waals surface area contributed by atoms with Crippen LogP contribution in [0.15, 0.2) is 53.7 Å². The zero-order valence-electron chi connectivity index (χ0n) is 15.2. The normalized spacial score (nSPS) is 10.9. The van der Waals surface area contributed by atoms with Crippen molar-refractivity contribution in [1.29, 1.82) is 0 Å². The lowest BCUT2D eigenvalue weighted by atomic mass is 10.2. The van der Waals surface area contributed by atoms with Crippen LogP contribution in [0.1, 0.15) is 17.5 Å². The number of tetrazole rings is 1. The summed E-state index contributed by atoms with van der Waals surface area (Å²) < 4.78 is 21.1. The first-order valence-corrected chi connectivity index (χ1v) is 9.83. The Morgan fingerprint density at radius 2 is 2.07 bits per heavy atom. The molecule has 1 heterocycles.